The molecule has 1 aliphatic rings. The van der Waals surface area contributed by atoms with Crippen molar-refractivity contribution in [3.63, 3.8) is 0 Å². The van der Waals surface area contributed by atoms with Crippen molar-refractivity contribution in [2.45, 2.75) is 58.1 Å². The molecule has 2 amide bonds. The van der Waals surface area contributed by atoms with Crippen molar-refractivity contribution < 1.29 is 14.6 Å². The van der Waals surface area contributed by atoms with Crippen molar-refractivity contribution in [3.8, 4) is 0 Å². The number of hydrogen-bond donors (Lipinski definition) is 3. The highest BCUT2D eigenvalue weighted by Gasteiger charge is 2.25. The van der Waals surface area contributed by atoms with Crippen molar-refractivity contribution in [2.24, 2.45) is 5.92 Å². The van der Waals surface area contributed by atoms with Gasteiger partial charge in [-0.2, -0.15) is 0 Å². The van der Waals surface area contributed by atoms with E-state index < -0.39 is 0 Å². The number of amides is 2. The monoisotopic (exact) mass is 272 g/mol. The van der Waals surface area contributed by atoms with Gasteiger partial charge in [-0.3, -0.25) is 0 Å². The number of aliphatic hydroxyl groups is 1. The second-order valence-corrected chi connectivity index (χ2v) is 5.21. The van der Waals surface area contributed by atoms with E-state index in [2.05, 4.69) is 24.5 Å². The molecule has 0 aromatic heterocycles. The molecule has 0 saturated carbocycles. The Morgan fingerprint density at radius 3 is 2.74 bits per heavy atom. The van der Waals surface area contributed by atoms with Crippen LogP contribution in [0.15, 0.2) is 0 Å². The molecule has 0 radical (unpaired) electrons. The lowest BCUT2D eigenvalue weighted by molar-refractivity contribution is 0.0796. The van der Waals surface area contributed by atoms with E-state index in [0.29, 0.717) is 12.5 Å². The molecule has 1 saturated heterocycles. The zero-order valence-corrected chi connectivity index (χ0v) is 12.2. The molecule has 0 aliphatic carbocycles. The lowest BCUT2D eigenvalue weighted by Crippen LogP contribution is -2.48. The standard InChI is InChI=1S/C14H28N2O3/c1-3-11(7-8-17)10-15-14(18)16-12(4-2)13-6-5-9-19-13/h11-13,17H,3-10H2,1-2H3,(H2,15,16,18). The maximum absolute atomic E-state index is 11.9. The molecule has 0 aromatic carbocycles. The number of ether oxygens (including phenoxy) is 1. The van der Waals surface area contributed by atoms with Gasteiger partial charge in [0, 0.05) is 19.8 Å². The smallest absolute Gasteiger partial charge is 0.315 e. The zero-order chi connectivity index (χ0) is 14.1. The van der Waals surface area contributed by atoms with Gasteiger partial charge in [-0.15, -0.1) is 0 Å². The lowest BCUT2D eigenvalue weighted by Gasteiger charge is -2.23. The summed E-state index contributed by atoms with van der Waals surface area (Å²) in [6.45, 7) is 5.73. The summed E-state index contributed by atoms with van der Waals surface area (Å²) >= 11 is 0. The Morgan fingerprint density at radius 1 is 1.42 bits per heavy atom. The first kappa shape index (κ1) is 16.2. The van der Waals surface area contributed by atoms with Crippen molar-refractivity contribution >= 4 is 6.03 Å². The summed E-state index contributed by atoms with van der Waals surface area (Å²) in [7, 11) is 0. The lowest BCUT2D eigenvalue weighted by atomic mass is 10.0. The van der Waals surface area contributed by atoms with E-state index in [9.17, 15) is 4.79 Å². The van der Waals surface area contributed by atoms with Crippen LogP contribution in [-0.2, 0) is 4.74 Å². The average Bonchev–Trinajstić information content (AvgIpc) is 2.94. The number of rotatable bonds is 8. The molecule has 3 N–H and O–H groups in total. The van der Waals surface area contributed by atoms with Gasteiger partial charge in [-0.25, -0.2) is 4.79 Å². The Hall–Kier alpha value is -0.810. The number of nitrogens with one attached hydrogen (secondary N) is 2. The van der Waals surface area contributed by atoms with E-state index in [1.807, 2.05) is 0 Å². The first-order valence-corrected chi connectivity index (χ1v) is 7.48. The number of urea groups is 1. The van der Waals surface area contributed by atoms with E-state index >= 15 is 0 Å². The maximum Gasteiger partial charge on any atom is 0.315 e. The summed E-state index contributed by atoms with van der Waals surface area (Å²) < 4.78 is 5.62. The van der Waals surface area contributed by atoms with Gasteiger partial charge in [-0.1, -0.05) is 20.3 Å². The largest absolute Gasteiger partial charge is 0.396 e. The highest BCUT2D eigenvalue weighted by Crippen LogP contribution is 2.17. The molecule has 5 heteroatoms. The summed E-state index contributed by atoms with van der Waals surface area (Å²) in [6, 6.07) is -0.0286. The fourth-order valence-corrected chi connectivity index (χ4v) is 2.47. The van der Waals surface area contributed by atoms with Crippen LogP contribution in [0.1, 0.15) is 46.0 Å². The van der Waals surface area contributed by atoms with Crippen LogP contribution in [0.2, 0.25) is 0 Å². The number of carbonyl (C=O) groups excluding carboxylic acids is 1. The third kappa shape index (κ3) is 5.78. The Morgan fingerprint density at radius 2 is 2.21 bits per heavy atom. The molecule has 0 bridgehead atoms. The summed E-state index contributed by atoms with van der Waals surface area (Å²) in [6.07, 6.45) is 4.85. The van der Waals surface area contributed by atoms with Crippen LogP contribution in [0.25, 0.3) is 0 Å². The Balaban J connectivity index is 2.28. The molecular formula is C14H28N2O3. The van der Waals surface area contributed by atoms with Crippen molar-refractivity contribution in [1.82, 2.24) is 10.6 Å². The van der Waals surface area contributed by atoms with E-state index in [1.54, 1.807) is 0 Å². The first-order valence-electron chi connectivity index (χ1n) is 7.48. The Kier molecular flexibility index (Phi) is 7.82. The summed E-state index contributed by atoms with van der Waals surface area (Å²) in [4.78, 5) is 11.9. The van der Waals surface area contributed by atoms with E-state index in [4.69, 9.17) is 9.84 Å². The fourth-order valence-electron chi connectivity index (χ4n) is 2.47. The maximum atomic E-state index is 11.9. The third-order valence-corrected chi connectivity index (χ3v) is 3.84. The first-order chi connectivity index (χ1) is 9.21. The highest BCUT2D eigenvalue weighted by molar-refractivity contribution is 5.74. The molecule has 1 heterocycles. The summed E-state index contributed by atoms with van der Waals surface area (Å²) in [5.74, 6) is 0.346. The van der Waals surface area contributed by atoms with Gasteiger partial charge in [0.15, 0.2) is 0 Å². The van der Waals surface area contributed by atoms with Crippen LogP contribution in [0.4, 0.5) is 4.79 Å². The third-order valence-electron chi connectivity index (χ3n) is 3.84. The summed E-state index contributed by atoms with van der Waals surface area (Å²) in [5.41, 5.74) is 0. The van der Waals surface area contributed by atoms with Gasteiger partial charge < -0.3 is 20.5 Å². The van der Waals surface area contributed by atoms with Gasteiger partial charge in [0.05, 0.1) is 12.1 Å². The molecule has 3 atom stereocenters. The molecule has 1 rings (SSSR count). The molecule has 5 nitrogen and oxygen atoms in total. The topological polar surface area (TPSA) is 70.6 Å². The minimum atomic E-state index is -0.126. The fraction of sp³-hybridized carbons (Fsp3) is 0.929. The van der Waals surface area contributed by atoms with E-state index in [-0.39, 0.29) is 24.8 Å². The normalized spacial score (nSPS) is 21.9. The van der Waals surface area contributed by atoms with E-state index in [1.165, 1.54) is 0 Å². The Bertz CT molecular complexity index is 255. The minimum Gasteiger partial charge on any atom is -0.396 e. The predicted octanol–water partition coefficient (Wildman–Crippen LogP) is 1.65. The zero-order valence-electron chi connectivity index (χ0n) is 12.2. The van der Waals surface area contributed by atoms with Crippen LogP contribution in [0.3, 0.4) is 0 Å². The van der Waals surface area contributed by atoms with Crippen LogP contribution < -0.4 is 10.6 Å². The van der Waals surface area contributed by atoms with Crippen molar-refractivity contribution in [1.29, 1.82) is 0 Å². The molecular weight excluding hydrogens is 244 g/mol. The molecule has 1 aliphatic heterocycles. The van der Waals surface area contributed by atoms with Gasteiger partial charge in [-0.05, 0) is 31.6 Å². The van der Waals surface area contributed by atoms with E-state index in [0.717, 1.165) is 38.7 Å². The second-order valence-electron chi connectivity index (χ2n) is 5.21. The molecule has 0 spiro atoms. The van der Waals surface area contributed by atoms with Gasteiger partial charge in [0.1, 0.15) is 0 Å². The van der Waals surface area contributed by atoms with Crippen LogP contribution in [-0.4, -0.2) is 43.0 Å². The quantitative estimate of drug-likeness (QED) is 0.629. The van der Waals surface area contributed by atoms with Crippen LogP contribution in [0.5, 0.6) is 0 Å². The van der Waals surface area contributed by atoms with Crippen LogP contribution >= 0.6 is 0 Å². The minimum absolute atomic E-state index is 0.0976. The summed E-state index contributed by atoms with van der Waals surface area (Å²) in [5, 5.41) is 14.8. The number of aliphatic hydroxyl groups excluding tert-OH is 1. The van der Waals surface area contributed by atoms with Gasteiger partial charge >= 0.3 is 6.03 Å². The number of carbonyl (C=O) groups is 1. The highest BCUT2D eigenvalue weighted by atomic mass is 16.5. The second kappa shape index (κ2) is 9.15. The van der Waals surface area contributed by atoms with Crippen molar-refractivity contribution in [2.75, 3.05) is 19.8 Å². The molecule has 0 aromatic rings. The van der Waals surface area contributed by atoms with Gasteiger partial charge in [0.25, 0.3) is 0 Å². The Labute approximate surface area is 116 Å². The molecule has 112 valence electrons. The van der Waals surface area contributed by atoms with Crippen molar-refractivity contribution in [3.05, 3.63) is 0 Å². The average molecular weight is 272 g/mol. The molecule has 19 heavy (non-hydrogen) atoms. The molecule has 1 fully saturated rings. The number of hydrogen-bond acceptors (Lipinski definition) is 3. The molecule has 3 unspecified atom stereocenters. The van der Waals surface area contributed by atoms with Crippen LogP contribution in [0, 0.1) is 5.92 Å². The van der Waals surface area contributed by atoms with Gasteiger partial charge in [0.2, 0.25) is 0 Å². The SMILES string of the molecule is CCC(CCO)CNC(=O)NC(CC)C1CCCO1. The predicted molar refractivity (Wildman–Crippen MR) is 75.1 cm³/mol.